The topological polar surface area (TPSA) is 72.9 Å². The van der Waals surface area contributed by atoms with Crippen molar-refractivity contribution in [2.45, 2.75) is 34.1 Å². The summed E-state index contributed by atoms with van der Waals surface area (Å²) >= 11 is 0. The Hall–Kier alpha value is -3.15. The number of Topliss-reactive ketones (excluding diaryl/α,β-unsaturated/α-hetero) is 1. The van der Waals surface area contributed by atoms with Crippen molar-refractivity contribution < 1.29 is 23.9 Å². The second-order valence-corrected chi connectivity index (χ2v) is 7.25. The molecule has 6 nitrogen and oxygen atoms in total. The lowest BCUT2D eigenvalue weighted by Crippen LogP contribution is -2.36. The van der Waals surface area contributed by atoms with Gasteiger partial charge in [-0.15, -0.1) is 0 Å². The van der Waals surface area contributed by atoms with E-state index in [2.05, 4.69) is 0 Å². The largest absolute Gasteiger partial charge is 0.491 e. The fraction of sp³-hybridized carbons (Fsp3) is 0.348. The SMILES string of the molecule is Cc1cc(C(=O)COC(=O)CN2C(=O)CCOc3ccccc32)c(C)c(C)c1C. The highest BCUT2D eigenvalue weighted by Crippen LogP contribution is 2.30. The van der Waals surface area contributed by atoms with Crippen LogP contribution in [0.5, 0.6) is 5.75 Å². The van der Waals surface area contributed by atoms with E-state index in [1.807, 2.05) is 33.8 Å². The Balaban J connectivity index is 1.69. The number of hydrogen-bond donors (Lipinski definition) is 0. The molecule has 0 aliphatic carbocycles. The van der Waals surface area contributed by atoms with Gasteiger partial charge in [-0.25, -0.2) is 0 Å². The number of ketones is 1. The van der Waals surface area contributed by atoms with Crippen molar-refractivity contribution in [1.29, 1.82) is 0 Å². The van der Waals surface area contributed by atoms with Crippen molar-refractivity contribution in [1.82, 2.24) is 0 Å². The van der Waals surface area contributed by atoms with E-state index in [4.69, 9.17) is 9.47 Å². The zero-order valence-electron chi connectivity index (χ0n) is 17.2. The first-order valence-corrected chi connectivity index (χ1v) is 9.58. The second kappa shape index (κ2) is 8.47. The molecule has 0 atom stereocenters. The van der Waals surface area contributed by atoms with Crippen LogP contribution in [0.1, 0.15) is 39.0 Å². The Labute approximate surface area is 170 Å². The van der Waals surface area contributed by atoms with Crippen LogP contribution in [0.2, 0.25) is 0 Å². The van der Waals surface area contributed by atoms with Gasteiger partial charge in [-0.05, 0) is 68.1 Å². The standard InChI is InChI=1S/C23H25NO5/c1-14-11-18(17(4)16(3)15(14)2)20(25)13-29-23(27)12-24-19-7-5-6-8-21(19)28-10-9-22(24)26/h5-8,11H,9-10,12-13H2,1-4H3. The molecule has 0 unspecified atom stereocenters. The van der Waals surface area contributed by atoms with E-state index in [0.29, 0.717) is 17.0 Å². The molecule has 0 bridgehead atoms. The van der Waals surface area contributed by atoms with Gasteiger partial charge in [0.25, 0.3) is 0 Å². The summed E-state index contributed by atoms with van der Waals surface area (Å²) in [5.41, 5.74) is 5.21. The van der Waals surface area contributed by atoms with Crippen molar-refractivity contribution in [2.75, 3.05) is 24.7 Å². The monoisotopic (exact) mass is 395 g/mol. The minimum atomic E-state index is -0.637. The summed E-state index contributed by atoms with van der Waals surface area (Å²) in [5, 5.41) is 0. The molecule has 0 aromatic heterocycles. The van der Waals surface area contributed by atoms with E-state index in [-0.39, 0.29) is 37.9 Å². The number of hydrogen-bond acceptors (Lipinski definition) is 5. The molecule has 0 radical (unpaired) electrons. The molecule has 3 rings (SSSR count). The number of fused-ring (bicyclic) bond motifs is 1. The molecule has 0 saturated heterocycles. The van der Waals surface area contributed by atoms with Crippen LogP contribution in [0.15, 0.2) is 30.3 Å². The number of para-hydroxylation sites is 2. The van der Waals surface area contributed by atoms with Gasteiger partial charge in [0.05, 0.1) is 18.7 Å². The molecule has 1 aliphatic heterocycles. The minimum absolute atomic E-state index is 0.169. The number of benzene rings is 2. The summed E-state index contributed by atoms with van der Waals surface area (Å²) in [6.07, 6.45) is 0.169. The summed E-state index contributed by atoms with van der Waals surface area (Å²) in [6, 6.07) is 8.88. The van der Waals surface area contributed by atoms with Gasteiger partial charge in [0, 0.05) is 5.56 Å². The molecule has 0 spiro atoms. The number of rotatable bonds is 5. The van der Waals surface area contributed by atoms with E-state index < -0.39 is 5.97 Å². The van der Waals surface area contributed by atoms with Gasteiger partial charge in [0.1, 0.15) is 12.3 Å². The Morgan fingerprint density at radius 2 is 1.79 bits per heavy atom. The second-order valence-electron chi connectivity index (χ2n) is 7.25. The first kappa shape index (κ1) is 20.6. The average molecular weight is 395 g/mol. The number of esters is 1. The van der Waals surface area contributed by atoms with Gasteiger partial charge < -0.3 is 9.47 Å². The van der Waals surface area contributed by atoms with Crippen molar-refractivity contribution in [3.63, 3.8) is 0 Å². The van der Waals surface area contributed by atoms with Gasteiger partial charge in [0.2, 0.25) is 11.7 Å². The van der Waals surface area contributed by atoms with Crippen molar-refractivity contribution in [3.8, 4) is 5.75 Å². The number of ether oxygens (including phenoxy) is 2. The van der Waals surface area contributed by atoms with Gasteiger partial charge in [-0.3, -0.25) is 19.3 Å². The molecule has 152 valence electrons. The third-order valence-corrected chi connectivity index (χ3v) is 5.46. The molecule has 0 N–H and O–H groups in total. The molecule has 1 heterocycles. The predicted molar refractivity (Wildman–Crippen MR) is 110 cm³/mol. The predicted octanol–water partition coefficient (Wildman–Crippen LogP) is 3.46. The van der Waals surface area contributed by atoms with E-state index in [1.165, 1.54) is 4.90 Å². The number of nitrogens with zero attached hydrogens (tertiary/aromatic N) is 1. The van der Waals surface area contributed by atoms with Crippen LogP contribution in [0.3, 0.4) is 0 Å². The van der Waals surface area contributed by atoms with Crippen LogP contribution >= 0.6 is 0 Å². The zero-order chi connectivity index (χ0) is 21.1. The Bertz CT molecular complexity index is 979. The Morgan fingerprint density at radius 3 is 2.55 bits per heavy atom. The Morgan fingerprint density at radius 1 is 1.07 bits per heavy atom. The van der Waals surface area contributed by atoms with Crippen LogP contribution in [-0.4, -0.2) is 37.4 Å². The molecule has 2 aromatic rings. The molecule has 6 heteroatoms. The van der Waals surface area contributed by atoms with Crippen LogP contribution in [-0.2, 0) is 14.3 Å². The quantitative estimate of drug-likeness (QED) is 0.573. The molecule has 29 heavy (non-hydrogen) atoms. The van der Waals surface area contributed by atoms with E-state index in [1.54, 1.807) is 24.3 Å². The lowest BCUT2D eigenvalue weighted by atomic mass is 9.93. The van der Waals surface area contributed by atoms with Crippen molar-refractivity contribution >= 4 is 23.3 Å². The van der Waals surface area contributed by atoms with Crippen LogP contribution in [0, 0.1) is 27.7 Å². The molecule has 0 fully saturated rings. The zero-order valence-corrected chi connectivity index (χ0v) is 17.2. The summed E-state index contributed by atoms with van der Waals surface area (Å²) in [6.45, 7) is 7.47. The molecule has 1 aliphatic rings. The van der Waals surface area contributed by atoms with Gasteiger partial charge >= 0.3 is 5.97 Å². The number of carbonyl (C=O) groups is 3. The maximum Gasteiger partial charge on any atom is 0.326 e. The van der Waals surface area contributed by atoms with E-state index in [0.717, 1.165) is 22.3 Å². The third-order valence-electron chi connectivity index (χ3n) is 5.46. The lowest BCUT2D eigenvalue weighted by Gasteiger charge is -2.20. The highest BCUT2D eigenvalue weighted by atomic mass is 16.5. The summed E-state index contributed by atoms with van der Waals surface area (Å²) in [5.74, 6) is -0.572. The van der Waals surface area contributed by atoms with Crippen molar-refractivity contribution in [2.24, 2.45) is 0 Å². The van der Waals surface area contributed by atoms with Gasteiger partial charge in [-0.2, -0.15) is 0 Å². The molecular weight excluding hydrogens is 370 g/mol. The molecular formula is C23H25NO5. The maximum absolute atomic E-state index is 12.6. The van der Waals surface area contributed by atoms with Crippen LogP contribution in [0.25, 0.3) is 0 Å². The van der Waals surface area contributed by atoms with Gasteiger partial charge in [0.15, 0.2) is 6.61 Å². The number of aryl methyl sites for hydroxylation is 1. The summed E-state index contributed by atoms with van der Waals surface area (Å²) < 4.78 is 10.8. The minimum Gasteiger partial charge on any atom is -0.491 e. The first-order valence-electron chi connectivity index (χ1n) is 9.58. The average Bonchev–Trinajstić information content (AvgIpc) is 2.86. The lowest BCUT2D eigenvalue weighted by molar-refractivity contribution is -0.141. The normalized spacial score (nSPS) is 13.4. The third kappa shape index (κ3) is 4.31. The summed E-state index contributed by atoms with van der Waals surface area (Å²) in [7, 11) is 0. The molecule has 0 saturated carbocycles. The van der Waals surface area contributed by atoms with E-state index in [9.17, 15) is 14.4 Å². The fourth-order valence-electron chi connectivity index (χ4n) is 3.39. The number of amides is 1. The fourth-order valence-corrected chi connectivity index (χ4v) is 3.39. The highest BCUT2D eigenvalue weighted by molar-refractivity contribution is 6.01. The van der Waals surface area contributed by atoms with Gasteiger partial charge in [-0.1, -0.05) is 12.1 Å². The smallest absolute Gasteiger partial charge is 0.326 e. The number of carbonyl (C=O) groups excluding carboxylic acids is 3. The molecule has 1 amide bonds. The maximum atomic E-state index is 12.6. The van der Waals surface area contributed by atoms with Crippen molar-refractivity contribution in [3.05, 3.63) is 58.1 Å². The Kier molecular flexibility index (Phi) is 6.01. The number of anilines is 1. The van der Waals surface area contributed by atoms with E-state index >= 15 is 0 Å². The van der Waals surface area contributed by atoms with Crippen LogP contribution in [0.4, 0.5) is 5.69 Å². The molecule has 2 aromatic carbocycles. The van der Waals surface area contributed by atoms with Crippen LogP contribution < -0.4 is 9.64 Å². The highest BCUT2D eigenvalue weighted by Gasteiger charge is 2.26. The first-order chi connectivity index (χ1) is 13.8. The summed E-state index contributed by atoms with van der Waals surface area (Å²) in [4.78, 5) is 38.7.